The van der Waals surface area contributed by atoms with Crippen LogP contribution in [0.4, 0.5) is 0 Å². The summed E-state index contributed by atoms with van der Waals surface area (Å²) in [5, 5.41) is -1.61. The predicted octanol–water partition coefficient (Wildman–Crippen LogP) is 10.3. The van der Waals surface area contributed by atoms with E-state index in [1.54, 1.807) is 0 Å². The lowest BCUT2D eigenvalue weighted by Crippen LogP contribution is -2.00. The van der Waals surface area contributed by atoms with Gasteiger partial charge in [-0.25, -0.2) is 15.0 Å². The summed E-state index contributed by atoms with van der Waals surface area (Å²) in [5.74, 6) is -2.24. The van der Waals surface area contributed by atoms with E-state index in [0.717, 1.165) is 0 Å². The average Bonchev–Trinajstić information content (AvgIpc) is 3.90. The van der Waals surface area contributed by atoms with Crippen molar-refractivity contribution in [3.63, 3.8) is 0 Å². The Hall–Kier alpha value is -6.07. The molecule has 0 radical (unpaired) electrons. The van der Waals surface area contributed by atoms with E-state index in [9.17, 15) is 4.11 Å². The normalized spacial score (nSPS) is 19.0. The summed E-state index contributed by atoms with van der Waals surface area (Å²) in [4.78, 5) is 12.7. The molecule has 0 spiro atoms. The summed E-state index contributed by atoms with van der Waals surface area (Å²) >= 11 is 0. The number of aromatic nitrogens is 3. The molecule has 0 bridgehead atoms. The molecule has 0 fully saturated rings. The van der Waals surface area contributed by atoms with Gasteiger partial charge in [0, 0.05) is 43.8 Å². The minimum Gasteiger partial charge on any atom is -0.456 e. The minimum absolute atomic E-state index is 0.334. The molecule has 0 aliphatic rings. The van der Waals surface area contributed by atoms with E-state index in [4.69, 9.17) is 36.2 Å². The number of nitrogens with zero attached hydrogens (tertiary/aromatic N) is 3. The van der Waals surface area contributed by atoms with Crippen LogP contribution in [-0.2, 0) is 0 Å². The van der Waals surface area contributed by atoms with E-state index in [1.165, 1.54) is 0 Å². The number of furan rings is 2. The van der Waals surface area contributed by atoms with Gasteiger partial charge in [-0.2, -0.15) is 0 Å². The summed E-state index contributed by atoms with van der Waals surface area (Å²) in [6.45, 7) is 0. The molecule has 0 N–H and O–H groups in total. The Bertz CT molecular complexity index is 3660. The first-order valence-electron chi connectivity index (χ1n) is 24.2. The van der Waals surface area contributed by atoms with Crippen LogP contribution in [0.1, 0.15) is 31.5 Å². The third kappa shape index (κ3) is 3.91. The van der Waals surface area contributed by atoms with Gasteiger partial charge in [-0.15, -0.1) is 0 Å². The largest absolute Gasteiger partial charge is 0.456 e. The Labute approximate surface area is 284 Å². The van der Waals surface area contributed by atoms with Crippen molar-refractivity contribution >= 4 is 43.9 Å². The Morgan fingerprint density at radius 2 is 1.00 bits per heavy atom. The SMILES string of the molecule is [2H]c1c([2H])c([2H])c(-c2nc(-c3c([2H])c([2H])c([2H])c([2H])c3[2H])nc(-c3c([2H])c([2H])c4c(oc5c([2H])c([2H])c([2H])c(-c6c([2H])c([2H])c([2H])c7c6oc6c([2H])c([2H])c([2H])c([2H])c67)c54)c3[2H])n2)c([2H])c1[2H]. The maximum Gasteiger partial charge on any atom is 0.164 e. The van der Waals surface area contributed by atoms with Crippen molar-refractivity contribution in [3.05, 3.63) is 139 Å². The van der Waals surface area contributed by atoms with Gasteiger partial charge in [-0.1, -0.05) is 115 Å². The number of rotatable bonds is 4. The fourth-order valence-corrected chi connectivity index (χ4v) is 4.69. The van der Waals surface area contributed by atoms with Crippen molar-refractivity contribution in [2.75, 3.05) is 0 Å². The molecule has 3 aromatic heterocycles. The van der Waals surface area contributed by atoms with Crippen molar-refractivity contribution in [1.82, 2.24) is 15.0 Å². The molecule has 0 amide bonds. The van der Waals surface area contributed by atoms with Crippen LogP contribution in [0.5, 0.6) is 0 Å². The fraction of sp³-hybridized carbons (Fsp3) is 0. The number of para-hydroxylation sites is 2. The second kappa shape index (κ2) is 9.75. The molecule has 6 aromatic carbocycles. The molecule has 3 heterocycles. The van der Waals surface area contributed by atoms with Crippen LogP contribution >= 0.6 is 0 Å². The molecule has 206 valence electrons. The summed E-state index contributed by atoms with van der Waals surface area (Å²) in [7, 11) is 0. The quantitative estimate of drug-likeness (QED) is 0.205. The molecule has 5 heteroatoms. The van der Waals surface area contributed by atoms with Crippen LogP contribution < -0.4 is 0 Å². The van der Waals surface area contributed by atoms with Crippen molar-refractivity contribution in [3.8, 4) is 45.3 Å². The van der Waals surface area contributed by atoms with Crippen LogP contribution in [0.3, 0.4) is 0 Å². The molecule has 0 aliphatic carbocycles. The first-order valence-corrected chi connectivity index (χ1v) is 12.7. The molecular weight excluding hydrogens is 542 g/mol. The standard InChI is InChI=1S/C39H23N3O2/c1-3-11-24(12-4-1)37-40-38(25-13-5-2-6-14-25)42-39(41-37)26-21-22-31-34(23-26)43-33-20-10-16-28(35(31)33)30-18-9-17-29-27-15-7-8-19-32(27)44-36(29)30/h1-23H/i1D,2D,3D,4D,5D,6D,7D,8D,9D,10D,11D,12D,13D,14D,15D,16D,17D,18D,19D,20D,21D,22D,23D. The molecule has 0 atom stereocenters. The third-order valence-electron chi connectivity index (χ3n) is 6.57. The molecule has 0 unspecified atom stereocenters. The zero-order valence-electron chi connectivity index (χ0n) is 44.7. The third-order valence-corrected chi connectivity index (χ3v) is 6.57. The van der Waals surface area contributed by atoms with E-state index < -0.39 is 217 Å². The van der Waals surface area contributed by atoms with Crippen molar-refractivity contribution in [1.29, 1.82) is 0 Å². The number of benzene rings is 6. The minimum atomic E-state index is -0.907. The first kappa shape index (κ1) is 10.9. The maximum absolute atomic E-state index is 9.45. The summed E-state index contributed by atoms with van der Waals surface area (Å²) in [5.41, 5.74) is -5.25. The zero-order chi connectivity index (χ0) is 49.1. The van der Waals surface area contributed by atoms with Gasteiger partial charge in [0.05, 0.1) is 31.5 Å². The van der Waals surface area contributed by atoms with Crippen LogP contribution in [0.15, 0.2) is 148 Å². The van der Waals surface area contributed by atoms with Gasteiger partial charge in [-0.05, 0) is 29.7 Å². The molecule has 0 saturated heterocycles. The molecular formula is C39H23N3O2. The second-order valence-corrected chi connectivity index (χ2v) is 9.08. The summed E-state index contributed by atoms with van der Waals surface area (Å²) in [6, 6.07) is -18.4. The van der Waals surface area contributed by atoms with E-state index >= 15 is 0 Å². The van der Waals surface area contributed by atoms with Gasteiger partial charge < -0.3 is 8.83 Å². The monoisotopic (exact) mass is 588 g/mol. The Kier molecular flexibility index (Phi) is 2.41. The van der Waals surface area contributed by atoms with E-state index in [-0.39, 0.29) is 10.8 Å². The van der Waals surface area contributed by atoms with Crippen molar-refractivity contribution < 1.29 is 40.4 Å². The van der Waals surface area contributed by atoms with Gasteiger partial charge in [0.15, 0.2) is 17.5 Å². The summed E-state index contributed by atoms with van der Waals surface area (Å²) < 4.78 is 211. The van der Waals surface area contributed by atoms with Crippen LogP contribution in [-0.4, -0.2) is 15.0 Å². The lowest BCUT2D eigenvalue weighted by Gasteiger charge is -2.08. The van der Waals surface area contributed by atoms with Crippen molar-refractivity contribution in [2.24, 2.45) is 0 Å². The van der Waals surface area contributed by atoms with E-state index in [0.29, 0.717) is 0 Å². The highest BCUT2D eigenvalue weighted by molar-refractivity contribution is 6.17. The van der Waals surface area contributed by atoms with E-state index in [2.05, 4.69) is 15.0 Å². The van der Waals surface area contributed by atoms with Crippen LogP contribution in [0, 0.1) is 0 Å². The first-order chi connectivity index (χ1) is 31.4. The number of hydrogen-bond donors (Lipinski definition) is 0. The topological polar surface area (TPSA) is 65.0 Å². The number of fused-ring (bicyclic) bond motifs is 6. The fourth-order valence-electron chi connectivity index (χ4n) is 4.69. The highest BCUT2D eigenvalue weighted by Crippen LogP contribution is 2.42. The van der Waals surface area contributed by atoms with Gasteiger partial charge in [0.25, 0.3) is 0 Å². The van der Waals surface area contributed by atoms with Crippen LogP contribution in [0.2, 0.25) is 0 Å². The second-order valence-electron chi connectivity index (χ2n) is 9.08. The molecule has 9 aromatic rings. The maximum atomic E-state index is 9.45. The van der Waals surface area contributed by atoms with Gasteiger partial charge >= 0.3 is 0 Å². The molecule has 9 rings (SSSR count). The lowest BCUT2D eigenvalue weighted by atomic mass is 9.97. The number of hydrogen-bond acceptors (Lipinski definition) is 5. The van der Waals surface area contributed by atoms with Crippen LogP contribution in [0.25, 0.3) is 89.2 Å². The predicted molar refractivity (Wildman–Crippen MR) is 176 cm³/mol. The Morgan fingerprint density at radius 3 is 1.75 bits per heavy atom. The van der Waals surface area contributed by atoms with Crippen molar-refractivity contribution in [2.45, 2.75) is 0 Å². The van der Waals surface area contributed by atoms with E-state index in [1.807, 2.05) is 0 Å². The molecule has 44 heavy (non-hydrogen) atoms. The summed E-state index contributed by atoms with van der Waals surface area (Å²) in [6.07, 6.45) is 0. The Balaban J connectivity index is 1.43. The Morgan fingerprint density at radius 1 is 0.409 bits per heavy atom. The smallest absolute Gasteiger partial charge is 0.164 e. The van der Waals surface area contributed by atoms with Gasteiger partial charge in [0.1, 0.15) is 22.3 Å². The molecule has 0 aliphatic heterocycles. The molecule has 0 saturated carbocycles. The van der Waals surface area contributed by atoms with Gasteiger partial charge in [0.2, 0.25) is 0 Å². The highest BCUT2D eigenvalue weighted by atomic mass is 16.3. The molecule has 5 nitrogen and oxygen atoms in total. The van der Waals surface area contributed by atoms with Gasteiger partial charge in [-0.3, -0.25) is 0 Å². The highest BCUT2D eigenvalue weighted by Gasteiger charge is 2.19. The lowest BCUT2D eigenvalue weighted by molar-refractivity contribution is 0.669. The zero-order valence-corrected chi connectivity index (χ0v) is 21.7. The average molecular weight is 589 g/mol.